The highest BCUT2D eigenvalue weighted by molar-refractivity contribution is 8.02. The van der Waals surface area contributed by atoms with Crippen LogP contribution >= 0.6 is 23.1 Å². The number of fused-ring (bicyclic) bond motifs is 1. The van der Waals surface area contributed by atoms with Gasteiger partial charge in [0.2, 0.25) is 11.0 Å². The third-order valence-corrected chi connectivity index (χ3v) is 6.79. The topological polar surface area (TPSA) is 66.9 Å². The number of hydrogen-bond donors (Lipinski definition) is 2. The summed E-state index contributed by atoms with van der Waals surface area (Å²) in [5, 5.41) is 15.3. The Kier molecular flexibility index (Phi) is 5.92. The fourth-order valence-corrected chi connectivity index (χ4v) is 5.28. The molecule has 4 rings (SSSR count). The average molecular weight is 411 g/mol. The summed E-state index contributed by atoms with van der Waals surface area (Å²) in [4.78, 5) is 12.7. The molecule has 1 aromatic heterocycles. The number of aryl methyl sites for hydroxylation is 1. The zero-order valence-corrected chi connectivity index (χ0v) is 17.2. The van der Waals surface area contributed by atoms with E-state index in [1.54, 1.807) is 0 Å². The van der Waals surface area contributed by atoms with Gasteiger partial charge in [-0.25, -0.2) is 0 Å². The number of para-hydroxylation sites is 1. The third kappa shape index (κ3) is 4.54. The van der Waals surface area contributed by atoms with Crippen LogP contribution < -0.4 is 10.6 Å². The van der Waals surface area contributed by atoms with Crippen molar-refractivity contribution in [2.45, 2.75) is 41.8 Å². The van der Waals surface area contributed by atoms with Gasteiger partial charge in [0, 0.05) is 5.69 Å². The molecule has 0 saturated heterocycles. The molecule has 28 heavy (non-hydrogen) atoms. The molecule has 0 unspecified atom stereocenters. The molecular formula is C21H22N4OS2. The van der Waals surface area contributed by atoms with Gasteiger partial charge >= 0.3 is 0 Å². The first-order valence-corrected chi connectivity index (χ1v) is 11.1. The Morgan fingerprint density at radius 2 is 1.93 bits per heavy atom. The number of carbonyl (C=O) groups excluding carboxylic acids is 1. The van der Waals surface area contributed by atoms with E-state index in [2.05, 4.69) is 39.0 Å². The highest BCUT2D eigenvalue weighted by Gasteiger charge is 2.24. The van der Waals surface area contributed by atoms with Crippen LogP contribution in [0.2, 0.25) is 0 Å². The third-order valence-electron chi connectivity index (χ3n) is 4.76. The van der Waals surface area contributed by atoms with E-state index in [4.69, 9.17) is 0 Å². The lowest BCUT2D eigenvalue weighted by Gasteiger charge is -2.27. The normalized spacial score (nSPS) is 16.8. The standard InChI is InChI=1S/C21H22N4OS2/c1-14(19(26)23-18-13-7-9-15-8-5-6-12-17(15)18)27-21-25-24-20(28-21)22-16-10-3-2-4-11-16/h2-6,8,10-12,14,18H,7,9,13H2,1H3,(H,22,24)(H,23,26)/t14-,18-/m1/s1. The summed E-state index contributed by atoms with van der Waals surface area (Å²) >= 11 is 2.90. The predicted octanol–water partition coefficient (Wildman–Crippen LogP) is 4.96. The number of benzene rings is 2. The molecule has 2 aromatic carbocycles. The van der Waals surface area contributed by atoms with Gasteiger partial charge in [0.1, 0.15) is 0 Å². The monoisotopic (exact) mass is 410 g/mol. The maximum atomic E-state index is 12.7. The molecule has 0 bridgehead atoms. The summed E-state index contributed by atoms with van der Waals surface area (Å²) in [5.41, 5.74) is 3.57. The van der Waals surface area contributed by atoms with Gasteiger partial charge in [-0.05, 0) is 49.4 Å². The summed E-state index contributed by atoms with van der Waals surface area (Å²) < 4.78 is 0.783. The minimum absolute atomic E-state index is 0.0412. The summed E-state index contributed by atoms with van der Waals surface area (Å²) in [6.45, 7) is 1.92. The van der Waals surface area contributed by atoms with Crippen molar-refractivity contribution < 1.29 is 4.79 Å². The second kappa shape index (κ2) is 8.75. The van der Waals surface area contributed by atoms with Gasteiger partial charge in [-0.2, -0.15) is 0 Å². The Balaban J connectivity index is 1.35. The van der Waals surface area contributed by atoms with Crippen LogP contribution in [0.4, 0.5) is 10.8 Å². The lowest BCUT2D eigenvalue weighted by Crippen LogP contribution is -2.35. The maximum absolute atomic E-state index is 12.7. The van der Waals surface area contributed by atoms with Crippen molar-refractivity contribution in [1.29, 1.82) is 0 Å². The molecule has 0 aliphatic heterocycles. The van der Waals surface area contributed by atoms with Crippen LogP contribution in [0.3, 0.4) is 0 Å². The van der Waals surface area contributed by atoms with E-state index >= 15 is 0 Å². The Bertz CT molecular complexity index is 944. The quantitative estimate of drug-likeness (QED) is 0.563. The Labute approximate surface area is 173 Å². The van der Waals surface area contributed by atoms with Crippen LogP contribution in [0.5, 0.6) is 0 Å². The van der Waals surface area contributed by atoms with Gasteiger partial charge in [0.05, 0.1) is 11.3 Å². The van der Waals surface area contributed by atoms with E-state index in [-0.39, 0.29) is 17.2 Å². The Morgan fingerprint density at radius 1 is 1.14 bits per heavy atom. The lowest BCUT2D eigenvalue weighted by atomic mass is 9.88. The van der Waals surface area contributed by atoms with Gasteiger partial charge in [0.25, 0.3) is 0 Å². The molecule has 3 aromatic rings. The molecule has 7 heteroatoms. The van der Waals surface area contributed by atoms with Gasteiger partial charge in [0.15, 0.2) is 4.34 Å². The number of nitrogens with zero attached hydrogens (tertiary/aromatic N) is 2. The van der Waals surface area contributed by atoms with Gasteiger partial charge in [-0.1, -0.05) is 65.6 Å². The number of carbonyl (C=O) groups is 1. The maximum Gasteiger partial charge on any atom is 0.233 e. The molecule has 2 N–H and O–H groups in total. The van der Waals surface area contributed by atoms with Crippen LogP contribution in [0.25, 0.3) is 0 Å². The van der Waals surface area contributed by atoms with Crippen molar-refractivity contribution in [3.05, 3.63) is 65.7 Å². The van der Waals surface area contributed by atoms with E-state index < -0.39 is 0 Å². The summed E-state index contributed by atoms with van der Waals surface area (Å²) in [6, 6.07) is 18.4. The summed E-state index contributed by atoms with van der Waals surface area (Å²) in [6.07, 6.45) is 3.19. The lowest BCUT2D eigenvalue weighted by molar-refractivity contribution is -0.121. The van der Waals surface area contributed by atoms with Crippen molar-refractivity contribution in [2.24, 2.45) is 0 Å². The number of nitrogens with one attached hydrogen (secondary N) is 2. The number of aromatic nitrogens is 2. The predicted molar refractivity (Wildman–Crippen MR) is 115 cm³/mol. The van der Waals surface area contributed by atoms with E-state index in [9.17, 15) is 4.79 Å². The number of rotatable bonds is 6. The number of amides is 1. The molecule has 1 amide bonds. The van der Waals surface area contributed by atoms with Crippen LogP contribution in [0.1, 0.15) is 36.9 Å². The van der Waals surface area contributed by atoms with Gasteiger partial charge in [-0.15, -0.1) is 10.2 Å². The minimum Gasteiger partial charge on any atom is -0.348 e. The molecule has 0 spiro atoms. The molecule has 144 valence electrons. The minimum atomic E-state index is -0.230. The van der Waals surface area contributed by atoms with E-state index in [0.29, 0.717) is 0 Å². The van der Waals surface area contributed by atoms with Crippen LogP contribution in [0.15, 0.2) is 58.9 Å². The molecule has 0 radical (unpaired) electrons. The van der Waals surface area contributed by atoms with E-state index in [0.717, 1.165) is 34.4 Å². The number of hydrogen-bond acceptors (Lipinski definition) is 6. The van der Waals surface area contributed by atoms with Crippen molar-refractivity contribution in [1.82, 2.24) is 15.5 Å². The van der Waals surface area contributed by atoms with Gasteiger partial charge in [-0.3, -0.25) is 4.79 Å². The second-order valence-corrected chi connectivity index (χ2v) is 9.34. The molecule has 1 aliphatic rings. The van der Waals surface area contributed by atoms with Crippen molar-refractivity contribution >= 4 is 39.8 Å². The first-order chi connectivity index (χ1) is 13.7. The molecular weight excluding hydrogens is 388 g/mol. The largest absolute Gasteiger partial charge is 0.348 e. The highest BCUT2D eigenvalue weighted by atomic mass is 32.2. The smallest absolute Gasteiger partial charge is 0.233 e. The number of anilines is 2. The Hall–Kier alpha value is -2.38. The molecule has 5 nitrogen and oxygen atoms in total. The van der Waals surface area contributed by atoms with Crippen molar-refractivity contribution in [3.8, 4) is 0 Å². The second-order valence-electron chi connectivity index (χ2n) is 6.78. The average Bonchev–Trinajstić information content (AvgIpc) is 3.15. The van der Waals surface area contributed by atoms with E-state index in [1.165, 1.54) is 34.2 Å². The van der Waals surface area contributed by atoms with Gasteiger partial charge < -0.3 is 10.6 Å². The van der Waals surface area contributed by atoms with Crippen molar-refractivity contribution in [2.75, 3.05) is 5.32 Å². The fourth-order valence-electron chi connectivity index (χ4n) is 3.35. The van der Waals surface area contributed by atoms with Crippen molar-refractivity contribution in [3.63, 3.8) is 0 Å². The summed E-state index contributed by atoms with van der Waals surface area (Å²) in [7, 11) is 0. The van der Waals surface area contributed by atoms with E-state index in [1.807, 2.05) is 43.3 Å². The first-order valence-electron chi connectivity index (χ1n) is 9.39. The molecule has 1 aliphatic carbocycles. The molecule has 2 atom stereocenters. The SMILES string of the molecule is C[C@@H](Sc1nnc(Nc2ccccc2)s1)C(=O)N[C@@H]1CCCc2ccccc21. The number of thioether (sulfide) groups is 1. The molecule has 1 heterocycles. The summed E-state index contributed by atoms with van der Waals surface area (Å²) in [5.74, 6) is 0.0412. The Morgan fingerprint density at radius 3 is 2.79 bits per heavy atom. The highest BCUT2D eigenvalue weighted by Crippen LogP contribution is 2.32. The zero-order valence-electron chi connectivity index (χ0n) is 15.6. The zero-order chi connectivity index (χ0) is 19.3. The molecule has 0 fully saturated rings. The fraction of sp³-hybridized carbons (Fsp3) is 0.286. The van der Waals surface area contributed by atoms with Crippen LogP contribution in [-0.2, 0) is 11.2 Å². The van der Waals surface area contributed by atoms with Crippen LogP contribution in [-0.4, -0.2) is 21.4 Å². The van der Waals surface area contributed by atoms with Crippen LogP contribution in [0, 0.1) is 0 Å². The molecule has 0 saturated carbocycles. The first kappa shape index (κ1) is 19.0.